The van der Waals surface area contributed by atoms with Crippen LogP contribution < -0.4 is 0 Å². The Labute approximate surface area is 135 Å². The van der Waals surface area contributed by atoms with Crippen molar-refractivity contribution in [3.05, 3.63) is 60.1 Å². The van der Waals surface area contributed by atoms with Gasteiger partial charge in [-0.1, -0.05) is 12.1 Å². The summed E-state index contributed by atoms with van der Waals surface area (Å²) in [4.78, 5) is 19.5. The first kappa shape index (κ1) is 13.2. The van der Waals surface area contributed by atoms with E-state index in [4.69, 9.17) is 0 Å². The maximum Gasteiger partial charge on any atom is 0.116 e. The van der Waals surface area contributed by atoms with Crippen LogP contribution in [0.5, 0.6) is 0 Å². The molecule has 0 radical (unpaired) electrons. The largest absolute Gasteiger partial charge is 0.244 e. The van der Waals surface area contributed by atoms with Gasteiger partial charge in [-0.05, 0) is 22.9 Å². The summed E-state index contributed by atoms with van der Waals surface area (Å²) in [5.41, 5.74) is 3.73. The molecule has 4 nitrogen and oxygen atoms in total. The van der Waals surface area contributed by atoms with Crippen LogP contribution in [0.25, 0.3) is 32.3 Å². The predicted molar refractivity (Wildman–Crippen MR) is 89.7 cm³/mol. The van der Waals surface area contributed by atoms with Gasteiger partial charge in [-0.15, -0.1) is 22.7 Å². The first-order valence-corrected chi connectivity index (χ1v) is 8.37. The minimum absolute atomic E-state index is 0.914. The topological polar surface area (TPSA) is 51.6 Å². The van der Waals surface area contributed by atoms with Crippen molar-refractivity contribution in [3.8, 4) is 32.3 Å². The number of aromatic nitrogens is 4. The van der Waals surface area contributed by atoms with Gasteiger partial charge in [0.05, 0.1) is 21.1 Å². The maximum absolute atomic E-state index is 4.47. The summed E-state index contributed by atoms with van der Waals surface area (Å²) >= 11 is 3.32. The number of rotatable bonds is 3. The summed E-state index contributed by atoms with van der Waals surface area (Å²) in [6.45, 7) is 0. The summed E-state index contributed by atoms with van der Waals surface area (Å²) in [5.74, 6) is 0. The lowest BCUT2D eigenvalue weighted by atomic mass is 10.0. The van der Waals surface area contributed by atoms with Crippen molar-refractivity contribution >= 4 is 22.7 Å². The fraction of sp³-hybridized carbons (Fsp3) is 0. The van der Waals surface area contributed by atoms with E-state index in [1.807, 2.05) is 35.3 Å². The van der Waals surface area contributed by atoms with Gasteiger partial charge >= 0.3 is 0 Å². The predicted octanol–water partition coefficient (Wildman–Crippen LogP) is 4.39. The van der Waals surface area contributed by atoms with Crippen molar-refractivity contribution in [2.45, 2.75) is 0 Å². The van der Waals surface area contributed by atoms with E-state index in [0.717, 1.165) is 32.3 Å². The van der Waals surface area contributed by atoms with E-state index in [9.17, 15) is 0 Å². The molecule has 0 amide bonds. The SMILES string of the molecule is c1csc(-c2ncncc2-c2cncnc2-c2cccs2)c1. The van der Waals surface area contributed by atoms with E-state index in [-0.39, 0.29) is 0 Å². The van der Waals surface area contributed by atoms with E-state index in [1.165, 1.54) is 0 Å². The Kier molecular flexibility index (Phi) is 3.46. The first-order chi connectivity index (χ1) is 10.9. The van der Waals surface area contributed by atoms with E-state index in [0.29, 0.717) is 0 Å². The molecule has 22 heavy (non-hydrogen) atoms. The molecule has 0 unspecified atom stereocenters. The highest BCUT2D eigenvalue weighted by molar-refractivity contribution is 7.13. The van der Waals surface area contributed by atoms with Gasteiger partial charge in [-0.25, -0.2) is 19.9 Å². The summed E-state index contributed by atoms with van der Waals surface area (Å²) < 4.78 is 0. The molecule has 4 aromatic rings. The van der Waals surface area contributed by atoms with Gasteiger partial charge in [-0.2, -0.15) is 0 Å². The minimum Gasteiger partial charge on any atom is -0.244 e. The van der Waals surface area contributed by atoms with Crippen LogP contribution >= 0.6 is 22.7 Å². The Morgan fingerprint density at radius 3 is 1.59 bits per heavy atom. The third kappa shape index (κ3) is 2.32. The Morgan fingerprint density at radius 2 is 1.18 bits per heavy atom. The highest BCUT2D eigenvalue weighted by atomic mass is 32.1. The molecule has 4 heterocycles. The molecule has 4 rings (SSSR count). The number of nitrogens with zero attached hydrogens (tertiary/aromatic N) is 4. The molecule has 0 saturated carbocycles. The minimum atomic E-state index is 0.914. The lowest BCUT2D eigenvalue weighted by molar-refractivity contribution is 1.15. The molecule has 0 spiro atoms. The second-order valence-corrected chi connectivity index (χ2v) is 6.42. The molecular formula is C16H10N4S2. The standard InChI is InChI=1S/C16H10N4S2/c1-3-13(21-5-1)15-11(7-17-9-19-15)12-8-18-10-20-16(12)14-4-2-6-22-14/h1-10H. The van der Waals surface area contributed by atoms with Crippen LogP contribution in [-0.4, -0.2) is 19.9 Å². The normalized spacial score (nSPS) is 10.7. The quantitative estimate of drug-likeness (QED) is 0.561. The average Bonchev–Trinajstić information content (AvgIpc) is 3.28. The summed E-state index contributed by atoms with van der Waals surface area (Å²) in [7, 11) is 0. The van der Waals surface area contributed by atoms with Crippen LogP contribution in [0, 0.1) is 0 Å². The van der Waals surface area contributed by atoms with Crippen molar-refractivity contribution in [2.24, 2.45) is 0 Å². The number of thiophene rings is 2. The molecule has 0 fully saturated rings. The molecule has 6 heteroatoms. The molecule has 0 atom stereocenters. The summed E-state index contributed by atoms with van der Waals surface area (Å²) in [5, 5.41) is 4.09. The fourth-order valence-electron chi connectivity index (χ4n) is 2.27. The van der Waals surface area contributed by atoms with Crippen LogP contribution in [0.1, 0.15) is 0 Å². The molecule has 0 aliphatic heterocycles. The molecule has 0 bridgehead atoms. The van der Waals surface area contributed by atoms with Gasteiger partial charge in [-0.3, -0.25) is 0 Å². The zero-order valence-electron chi connectivity index (χ0n) is 11.4. The van der Waals surface area contributed by atoms with E-state index in [1.54, 1.807) is 35.3 Å². The number of hydrogen-bond donors (Lipinski definition) is 0. The molecule has 0 saturated heterocycles. The van der Waals surface area contributed by atoms with Gasteiger partial charge in [0.25, 0.3) is 0 Å². The van der Waals surface area contributed by atoms with Crippen LogP contribution in [0.15, 0.2) is 60.1 Å². The second-order valence-electron chi connectivity index (χ2n) is 4.52. The highest BCUT2D eigenvalue weighted by Gasteiger charge is 2.16. The van der Waals surface area contributed by atoms with Gasteiger partial charge in [0.15, 0.2) is 0 Å². The second kappa shape index (κ2) is 5.75. The molecule has 0 aromatic carbocycles. The zero-order valence-corrected chi connectivity index (χ0v) is 13.0. The maximum atomic E-state index is 4.47. The third-order valence-electron chi connectivity index (χ3n) is 3.22. The van der Waals surface area contributed by atoms with Crippen molar-refractivity contribution < 1.29 is 0 Å². The van der Waals surface area contributed by atoms with Gasteiger partial charge in [0, 0.05) is 23.5 Å². The van der Waals surface area contributed by atoms with Gasteiger partial charge in [0.2, 0.25) is 0 Å². The van der Waals surface area contributed by atoms with Crippen LogP contribution in [0.2, 0.25) is 0 Å². The van der Waals surface area contributed by atoms with Crippen LogP contribution in [0.3, 0.4) is 0 Å². The number of hydrogen-bond acceptors (Lipinski definition) is 6. The molecule has 0 aliphatic rings. The average molecular weight is 322 g/mol. The molecule has 0 N–H and O–H groups in total. The van der Waals surface area contributed by atoms with Crippen molar-refractivity contribution in [1.29, 1.82) is 0 Å². The lowest BCUT2D eigenvalue weighted by Gasteiger charge is -2.09. The molecule has 4 aromatic heterocycles. The van der Waals surface area contributed by atoms with Gasteiger partial charge in [0.1, 0.15) is 12.7 Å². The Hall–Kier alpha value is -2.44. The fourth-order valence-corrected chi connectivity index (χ4v) is 3.74. The Morgan fingerprint density at radius 1 is 0.682 bits per heavy atom. The van der Waals surface area contributed by atoms with E-state index < -0.39 is 0 Å². The third-order valence-corrected chi connectivity index (χ3v) is 4.98. The summed E-state index contributed by atoms with van der Waals surface area (Å²) in [6.07, 6.45) is 6.82. The molecule has 106 valence electrons. The smallest absolute Gasteiger partial charge is 0.116 e. The lowest BCUT2D eigenvalue weighted by Crippen LogP contribution is -1.94. The van der Waals surface area contributed by atoms with Crippen LogP contribution in [0.4, 0.5) is 0 Å². The first-order valence-electron chi connectivity index (χ1n) is 6.61. The Balaban J connectivity index is 1.95. The van der Waals surface area contributed by atoms with Gasteiger partial charge < -0.3 is 0 Å². The highest BCUT2D eigenvalue weighted by Crippen LogP contribution is 2.37. The zero-order chi connectivity index (χ0) is 14.8. The van der Waals surface area contributed by atoms with Crippen molar-refractivity contribution in [3.63, 3.8) is 0 Å². The van der Waals surface area contributed by atoms with Crippen LogP contribution in [-0.2, 0) is 0 Å². The monoisotopic (exact) mass is 322 g/mol. The van der Waals surface area contributed by atoms with Crippen molar-refractivity contribution in [1.82, 2.24) is 19.9 Å². The van der Waals surface area contributed by atoms with Crippen molar-refractivity contribution in [2.75, 3.05) is 0 Å². The molecular weight excluding hydrogens is 312 g/mol. The summed E-state index contributed by atoms with van der Waals surface area (Å²) in [6, 6.07) is 8.16. The molecule has 0 aliphatic carbocycles. The van der Waals surface area contributed by atoms with E-state index in [2.05, 4.69) is 32.1 Å². The Bertz CT molecular complexity index is 810. The van der Waals surface area contributed by atoms with E-state index >= 15 is 0 Å².